The Morgan fingerprint density at radius 1 is 1.20 bits per heavy atom. The summed E-state index contributed by atoms with van der Waals surface area (Å²) in [6, 6.07) is 3.41. The summed E-state index contributed by atoms with van der Waals surface area (Å²) in [6.45, 7) is -0.256. The van der Waals surface area contributed by atoms with Gasteiger partial charge in [-0.2, -0.15) is 0 Å². The van der Waals surface area contributed by atoms with E-state index in [4.69, 9.17) is 0 Å². The molecule has 0 saturated carbocycles. The van der Waals surface area contributed by atoms with Crippen molar-refractivity contribution in [1.82, 2.24) is 19.7 Å². The van der Waals surface area contributed by atoms with Crippen molar-refractivity contribution < 1.29 is 13.6 Å². The smallest absolute Gasteiger partial charge is 0.300 e. The van der Waals surface area contributed by atoms with Gasteiger partial charge in [-0.1, -0.05) is 0 Å². The summed E-state index contributed by atoms with van der Waals surface area (Å²) < 4.78 is 28.7. The quantitative estimate of drug-likeness (QED) is 0.555. The minimum Gasteiger partial charge on any atom is -0.300 e. The monoisotopic (exact) mass is 435 g/mol. The zero-order valence-electron chi connectivity index (χ0n) is 15.7. The lowest BCUT2D eigenvalue weighted by Gasteiger charge is -2.16. The molecule has 0 fully saturated rings. The molecule has 0 unspecified atom stereocenters. The molecule has 2 aromatic heterocycles. The number of amides is 1. The first-order valence-electron chi connectivity index (χ1n) is 8.56. The number of carbonyl (C=O) groups excluding carboxylic acids is 1. The number of hydrogen-bond acceptors (Lipinski definition) is 8. The number of hydrogen-bond donors (Lipinski definition) is 3. The Morgan fingerprint density at radius 2 is 1.97 bits per heavy atom. The third-order valence-corrected chi connectivity index (χ3v) is 5.25. The molecule has 0 bridgehead atoms. The molecule has 1 aliphatic rings. The van der Waals surface area contributed by atoms with Crippen molar-refractivity contribution in [1.29, 1.82) is 0 Å². The summed E-state index contributed by atoms with van der Waals surface area (Å²) in [4.78, 5) is 41.0. The molecule has 0 atom stereocenters. The number of fused-ring (bicyclic) bond motifs is 1. The number of nitrogens with zero attached hydrogens (tertiary/aromatic N) is 4. The van der Waals surface area contributed by atoms with E-state index in [1.54, 1.807) is 5.38 Å². The van der Waals surface area contributed by atoms with Gasteiger partial charge in [0.25, 0.3) is 5.56 Å². The van der Waals surface area contributed by atoms with Crippen molar-refractivity contribution >= 4 is 33.9 Å². The van der Waals surface area contributed by atoms with Crippen molar-refractivity contribution in [2.24, 2.45) is 14.1 Å². The van der Waals surface area contributed by atoms with Gasteiger partial charge >= 0.3 is 5.69 Å². The van der Waals surface area contributed by atoms with E-state index in [2.05, 4.69) is 21.3 Å². The molecule has 3 aromatic rings. The van der Waals surface area contributed by atoms with Crippen molar-refractivity contribution in [3.8, 4) is 11.3 Å². The summed E-state index contributed by atoms with van der Waals surface area (Å²) in [5.41, 5.74) is 5.17. The van der Waals surface area contributed by atoms with Gasteiger partial charge in [-0.3, -0.25) is 29.2 Å². The Bertz CT molecular complexity index is 1280. The lowest BCUT2D eigenvalue weighted by Crippen LogP contribution is -2.44. The number of thiazole rings is 1. The first kappa shape index (κ1) is 19.7. The van der Waals surface area contributed by atoms with Crippen LogP contribution in [0.25, 0.3) is 11.3 Å². The van der Waals surface area contributed by atoms with Crippen molar-refractivity contribution in [2.75, 3.05) is 22.3 Å². The van der Waals surface area contributed by atoms with Gasteiger partial charge in [0.05, 0.1) is 5.69 Å². The highest BCUT2D eigenvalue weighted by atomic mass is 32.1. The molecule has 0 radical (unpaired) electrons. The van der Waals surface area contributed by atoms with Crippen molar-refractivity contribution in [3.05, 3.63) is 56.1 Å². The van der Waals surface area contributed by atoms with Gasteiger partial charge in [-0.05, 0) is 18.2 Å². The van der Waals surface area contributed by atoms with Gasteiger partial charge in [0.1, 0.15) is 6.54 Å². The zero-order valence-corrected chi connectivity index (χ0v) is 16.5. The number of rotatable bonds is 4. The number of benzene rings is 1. The minimum atomic E-state index is -0.992. The fourth-order valence-corrected chi connectivity index (χ4v) is 3.67. The lowest BCUT2D eigenvalue weighted by atomic mass is 10.2. The van der Waals surface area contributed by atoms with Crippen molar-refractivity contribution in [3.63, 3.8) is 0 Å². The SMILES string of the molecule is Cn1c2c(c(=O)n(C)c1=O)N(CC(=O)Nc1nc(-c3ccc(F)c(F)c3)cs1)NN2. The highest BCUT2D eigenvalue weighted by molar-refractivity contribution is 7.14. The maximum atomic E-state index is 13.4. The molecule has 1 aliphatic heterocycles. The van der Waals surface area contributed by atoms with Gasteiger partial charge in [0, 0.05) is 25.0 Å². The summed E-state index contributed by atoms with van der Waals surface area (Å²) in [5, 5.41) is 5.71. The lowest BCUT2D eigenvalue weighted by molar-refractivity contribution is -0.115. The summed E-state index contributed by atoms with van der Waals surface area (Å²) in [7, 11) is 2.84. The standard InChI is InChI=1S/C17H15F2N7O3S/c1-24-14-13(15(28)25(2)17(24)29)26(23-22-14)6-12(27)21-16-20-11(7-30-16)8-3-4-9(18)10(19)5-8/h3-5,7,22-23H,6H2,1-2H3,(H,20,21,27). The number of hydrazine groups is 2. The number of carbonyl (C=O) groups is 1. The summed E-state index contributed by atoms with van der Waals surface area (Å²) >= 11 is 1.11. The maximum absolute atomic E-state index is 13.4. The van der Waals surface area contributed by atoms with E-state index in [9.17, 15) is 23.2 Å². The van der Waals surface area contributed by atoms with Crippen LogP contribution in [0.2, 0.25) is 0 Å². The minimum absolute atomic E-state index is 0.122. The van der Waals surface area contributed by atoms with E-state index in [-0.39, 0.29) is 23.2 Å². The average molecular weight is 435 g/mol. The molecule has 156 valence electrons. The summed E-state index contributed by atoms with van der Waals surface area (Å²) in [6.07, 6.45) is 0. The van der Waals surface area contributed by atoms with Crippen LogP contribution in [0.15, 0.2) is 33.2 Å². The van der Waals surface area contributed by atoms with Crippen molar-refractivity contribution in [2.45, 2.75) is 0 Å². The van der Waals surface area contributed by atoms with Crippen LogP contribution in [0.5, 0.6) is 0 Å². The fraction of sp³-hybridized carbons (Fsp3) is 0.176. The molecule has 3 N–H and O–H groups in total. The molecular formula is C17H15F2N7O3S. The predicted molar refractivity (Wildman–Crippen MR) is 107 cm³/mol. The molecular weight excluding hydrogens is 420 g/mol. The van der Waals surface area contributed by atoms with Gasteiger partial charge in [-0.15, -0.1) is 16.9 Å². The van der Waals surface area contributed by atoms with Crippen LogP contribution in [0.4, 0.5) is 25.4 Å². The van der Waals surface area contributed by atoms with Crippen LogP contribution < -0.4 is 32.5 Å². The Morgan fingerprint density at radius 3 is 2.70 bits per heavy atom. The molecule has 13 heteroatoms. The Labute approximate surface area is 171 Å². The molecule has 30 heavy (non-hydrogen) atoms. The molecule has 3 heterocycles. The third-order valence-electron chi connectivity index (χ3n) is 4.49. The molecule has 0 saturated heterocycles. The van der Waals surface area contributed by atoms with E-state index >= 15 is 0 Å². The topological polar surface area (TPSA) is 113 Å². The van der Waals surface area contributed by atoms with E-state index in [1.165, 1.54) is 29.7 Å². The highest BCUT2D eigenvalue weighted by Gasteiger charge is 2.28. The molecule has 0 spiro atoms. The Balaban J connectivity index is 1.50. The second kappa shape index (κ2) is 7.35. The number of aromatic nitrogens is 3. The first-order chi connectivity index (χ1) is 14.3. The van der Waals surface area contributed by atoms with Crippen LogP contribution in [-0.2, 0) is 18.9 Å². The maximum Gasteiger partial charge on any atom is 0.332 e. The van der Waals surface area contributed by atoms with Gasteiger partial charge in [0.15, 0.2) is 28.3 Å². The van der Waals surface area contributed by atoms with E-state index in [1.807, 2.05) is 0 Å². The second-order valence-electron chi connectivity index (χ2n) is 6.44. The van der Waals surface area contributed by atoms with Crippen LogP contribution >= 0.6 is 11.3 Å². The molecule has 4 rings (SSSR count). The molecule has 1 aromatic carbocycles. The van der Waals surface area contributed by atoms with E-state index < -0.39 is 28.8 Å². The molecule has 10 nitrogen and oxygen atoms in total. The molecule has 1 amide bonds. The number of anilines is 3. The van der Waals surface area contributed by atoms with Gasteiger partial charge in [-0.25, -0.2) is 18.6 Å². The second-order valence-corrected chi connectivity index (χ2v) is 7.30. The van der Waals surface area contributed by atoms with Gasteiger partial charge in [0.2, 0.25) is 5.91 Å². The largest absolute Gasteiger partial charge is 0.332 e. The number of halogens is 2. The van der Waals surface area contributed by atoms with Crippen LogP contribution in [0.1, 0.15) is 0 Å². The zero-order chi connectivity index (χ0) is 21.6. The van der Waals surface area contributed by atoms with Crippen LogP contribution in [0.3, 0.4) is 0 Å². The number of nitrogens with one attached hydrogen (secondary N) is 3. The third kappa shape index (κ3) is 3.33. The Hall–Kier alpha value is -3.58. The normalized spacial score (nSPS) is 12.6. The predicted octanol–water partition coefficient (Wildman–Crippen LogP) is 0.776. The fourth-order valence-electron chi connectivity index (χ4n) is 2.93. The Kier molecular flexibility index (Phi) is 4.83. The van der Waals surface area contributed by atoms with Crippen LogP contribution in [0, 0.1) is 11.6 Å². The van der Waals surface area contributed by atoms with Crippen LogP contribution in [-0.4, -0.2) is 26.6 Å². The molecule has 0 aliphatic carbocycles. The highest BCUT2D eigenvalue weighted by Crippen LogP contribution is 2.26. The average Bonchev–Trinajstić information content (AvgIpc) is 3.34. The van der Waals surface area contributed by atoms with E-state index in [0.29, 0.717) is 11.3 Å². The summed E-state index contributed by atoms with van der Waals surface area (Å²) in [5.74, 6) is -2.20. The first-order valence-corrected chi connectivity index (χ1v) is 9.44. The van der Waals surface area contributed by atoms with Gasteiger partial charge < -0.3 is 5.32 Å². The van der Waals surface area contributed by atoms with E-state index in [0.717, 1.165) is 28.0 Å².